The second-order valence-corrected chi connectivity index (χ2v) is 24.6. The van der Waals surface area contributed by atoms with E-state index in [9.17, 15) is 19.8 Å². The summed E-state index contributed by atoms with van der Waals surface area (Å²) in [7, 11) is 0. The molecular weight excluding hydrogens is 959 g/mol. The van der Waals surface area contributed by atoms with Crippen LogP contribution in [0, 0.1) is 0 Å². The number of carbonyl (C=O) groups excluding carboxylic acids is 2. The van der Waals surface area contributed by atoms with Gasteiger partial charge < -0.3 is 20.3 Å². The number of hydrogen-bond acceptors (Lipinski definition) is 5. The highest BCUT2D eigenvalue weighted by molar-refractivity contribution is 5.76. The van der Waals surface area contributed by atoms with Gasteiger partial charge in [-0.05, 0) is 57.8 Å². The summed E-state index contributed by atoms with van der Waals surface area (Å²) in [6, 6.07) is -0.632. The highest BCUT2D eigenvalue weighted by Gasteiger charge is 2.18. The summed E-state index contributed by atoms with van der Waals surface area (Å²) in [4.78, 5) is 24.6. The molecule has 0 saturated carbocycles. The summed E-state index contributed by atoms with van der Waals surface area (Å²) in [6.07, 6.45) is 85.4. The maximum absolute atomic E-state index is 12.5. The first-order valence-corrected chi connectivity index (χ1v) is 35.6. The van der Waals surface area contributed by atoms with Crippen LogP contribution in [0.3, 0.4) is 0 Å². The van der Waals surface area contributed by atoms with E-state index in [4.69, 9.17) is 4.74 Å². The molecule has 78 heavy (non-hydrogen) atoms. The molecule has 0 aliphatic rings. The molecule has 0 saturated heterocycles. The quantitative estimate of drug-likeness (QED) is 0.0320. The van der Waals surface area contributed by atoms with Gasteiger partial charge in [0.15, 0.2) is 0 Å². The van der Waals surface area contributed by atoms with Gasteiger partial charge in [-0.1, -0.05) is 353 Å². The Balaban J connectivity index is 3.43. The number of nitrogens with one attached hydrogen (secondary N) is 1. The van der Waals surface area contributed by atoms with E-state index < -0.39 is 12.1 Å². The largest absolute Gasteiger partial charge is 0.466 e. The van der Waals surface area contributed by atoms with Crippen molar-refractivity contribution in [2.24, 2.45) is 0 Å². The van der Waals surface area contributed by atoms with Gasteiger partial charge in [0.1, 0.15) is 0 Å². The summed E-state index contributed by atoms with van der Waals surface area (Å²) >= 11 is 0. The number of ether oxygens (including phenoxy) is 1. The summed E-state index contributed by atoms with van der Waals surface area (Å²) < 4.78 is 5.48. The Morgan fingerprint density at radius 1 is 0.346 bits per heavy atom. The van der Waals surface area contributed by atoms with Crippen molar-refractivity contribution in [1.82, 2.24) is 5.32 Å². The number of allylic oxidation sites excluding steroid dienone is 3. The van der Waals surface area contributed by atoms with Crippen LogP contribution in [0.15, 0.2) is 24.3 Å². The molecule has 2 atom stereocenters. The molecule has 0 fully saturated rings. The van der Waals surface area contributed by atoms with Gasteiger partial charge in [-0.2, -0.15) is 0 Å². The molecule has 0 aromatic heterocycles. The second-order valence-electron chi connectivity index (χ2n) is 24.6. The van der Waals surface area contributed by atoms with Crippen molar-refractivity contribution in [2.75, 3.05) is 13.2 Å². The van der Waals surface area contributed by atoms with Crippen LogP contribution < -0.4 is 5.32 Å². The molecule has 462 valence electrons. The van der Waals surface area contributed by atoms with E-state index in [0.717, 1.165) is 38.5 Å². The number of hydrogen-bond donors (Lipinski definition) is 3. The van der Waals surface area contributed by atoms with E-state index in [1.807, 2.05) is 6.08 Å². The van der Waals surface area contributed by atoms with Crippen LogP contribution in [0.1, 0.15) is 399 Å². The van der Waals surface area contributed by atoms with Gasteiger partial charge in [0, 0.05) is 12.8 Å². The predicted molar refractivity (Wildman–Crippen MR) is 343 cm³/mol. The molecule has 1 amide bonds. The van der Waals surface area contributed by atoms with E-state index in [0.29, 0.717) is 19.4 Å². The summed E-state index contributed by atoms with van der Waals surface area (Å²) in [6.45, 7) is 4.94. The van der Waals surface area contributed by atoms with Gasteiger partial charge >= 0.3 is 5.97 Å². The topological polar surface area (TPSA) is 95.9 Å². The number of aliphatic hydroxyl groups is 2. The normalized spacial score (nSPS) is 12.6. The Bertz CT molecular complexity index is 1220. The lowest BCUT2D eigenvalue weighted by Crippen LogP contribution is -2.45. The highest BCUT2D eigenvalue weighted by atomic mass is 16.5. The van der Waals surface area contributed by atoms with Gasteiger partial charge in [0.25, 0.3) is 0 Å². The van der Waals surface area contributed by atoms with Crippen molar-refractivity contribution in [1.29, 1.82) is 0 Å². The van der Waals surface area contributed by atoms with Crippen LogP contribution in [-0.2, 0) is 14.3 Å². The smallest absolute Gasteiger partial charge is 0.305 e. The fourth-order valence-corrected chi connectivity index (χ4v) is 11.3. The van der Waals surface area contributed by atoms with Crippen LogP contribution in [0.25, 0.3) is 0 Å². The molecule has 0 rings (SSSR count). The van der Waals surface area contributed by atoms with Crippen molar-refractivity contribution < 1.29 is 24.5 Å². The lowest BCUT2D eigenvalue weighted by Gasteiger charge is -2.20. The Morgan fingerprint density at radius 2 is 0.603 bits per heavy atom. The van der Waals surface area contributed by atoms with E-state index in [2.05, 4.69) is 31.3 Å². The van der Waals surface area contributed by atoms with Crippen LogP contribution in [0.2, 0.25) is 0 Å². The van der Waals surface area contributed by atoms with Gasteiger partial charge in [0.2, 0.25) is 5.91 Å². The highest BCUT2D eigenvalue weighted by Crippen LogP contribution is 2.19. The average molecular weight is 1100 g/mol. The van der Waals surface area contributed by atoms with Crippen molar-refractivity contribution in [3.8, 4) is 0 Å². The zero-order valence-corrected chi connectivity index (χ0v) is 52.9. The maximum atomic E-state index is 12.5. The summed E-state index contributed by atoms with van der Waals surface area (Å²) in [5.74, 6) is -0.0544. The lowest BCUT2D eigenvalue weighted by atomic mass is 10.0. The monoisotopic (exact) mass is 1100 g/mol. The van der Waals surface area contributed by atoms with E-state index in [1.165, 1.54) is 334 Å². The fraction of sp³-hybridized carbons (Fsp3) is 0.917. The number of rotatable bonds is 67. The molecular formula is C72H139NO5. The van der Waals surface area contributed by atoms with Crippen LogP contribution >= 0.6 is 0 Å². The Morgan fingerprint density at radius 3 is 0.910 bits per heavy atom. The molecule has 0 bridgehead atoms. The third kappa shape index (κ3) is 63.5. The first kappa shape index (κ1) is 76.3. The molecule has 6 nitrogen and oxygen atoms in total. The molecule has 6 heteroatoms. The molecule has 0 spiro atoms. The SMILES string of the molecule is CCCCCCCCCCCCCCCCCCCCCCCCC/C=C/C(O)C(CO)NC(=O)CCCCCCCCCC/C=C\CCCCCCCCCCCCCCOC(=O)CCCCCCCCCCCCCC. The molecule has 0 aliphatic carbocycles. The number of amides is 1. The zero-order chi connectivity index (χ0) is 56.4. The number of carbonyl (C=O) groups is 2. The third-order valence-electron chi connectivity index (χ3n) is 16.7. The zero-order valence-electron chi connectivity index (χ0n) is 52.9. The second kappa shape index (κ2) is 67.8. The molecule has 0 heterocycles. The van der Waals surface area contributed by atoms with Gasteiger partial charge in [-0.15, -0.1) is 0 Å². The Kier molecular flexibility index (Phi) is 66.4. The Labute approximate surface area is 488 Å². The number of aliphatic hydroxyl groups excluding tert-OH is 2. The first-order valence-electron chi connectivity index (χ1n) is 35.6. The van der Waals surface area contributed by atoms with Crippen molar-refractivity contribution in [2.45, 2.75) is 411 Å². The van der Waals surface area contributed by atoms with Crippen molar-refractivity contribution in [3.05, 3.63) is 24.3 Å². The molecule has 3 N–H and O–H groups in total. The van der Waals surface area contributed by atoms with Crippen molar-refractivity contribution >= 4 is 11.9 Å². The van der Waals surface area contributed by atoms with Crippen molar-refractivity contribution in [3.63, 3.8) is 0 Å². The standard InChI is InChI=1S/C72H139NO5/c1-3-5-7-9-11-13-15-17-18-19-20-21-22-23-26-29-32-35-38-41-44-48-52-56-60-64-70(75)69(68-74)73-71(76)65-61-57-53-49-45-42-39-36-33-30-27-24-25-28-31-34-37-40-43-47-51-55-59-63-67-78-72(77)66-62-58-54-50-46-16-14-12-10-8-6-4-2/h27,30,60,64,69-70,74-75H,3-26,28-29,31-59,61-63,65-68H2,1-2H3,(H,73,76)/b30-27-,64-60+. The van der Waals surface area contributed by atoms with E-state index in [1.54, 1.807) is 6.08 Å². The van der Waals surface area contributed by atoms with E-state index >= 15 is 0 Å². The number of unbranched alkanes of at least 4 members (excludes halogenated alkanes) is 54. The van der Waals surface area contributed by atoms with E-state index in [-0.39, 0.29) is 18.5 Å². The van der Waals surface area contributed by atoms with Gasteiger partial charge in [-0.25, -0.2) is 0 Å². The summed E-state index contributed by atoms with van der Waals surface area (Å²) in [5, 5.41) is 23.3. The Hall–Kier alpha value is -1.66. The van der Waals surface area contributed by atoms with Crippen LogP contribution in [-0.4, -0.2) is 47.4 Å². The molecule has 0 aromatic carbocycles. The third-order valence-corrected chi connectivity index (χ3v) is 16.7. The minimum absolute atomic E-state index is 0.0135. The average Bonchev–Trinajstić information content (AvgIpc) is 3.44. The van der Waals surface area contributed by atoms with Crippen LogP contribution in [0.5, 0.6) is 0 Å². The first-order chi connectivity index (χ1) is 38.5. The fourth-order valence-electron chi connectivity index (χ4n) is 11.3. The predicted octanol–water partition coefficient (Wildman–Crippen LogP) is 22.9. The lowest BCUT2D eigenvalue weighted by molar-refractivity contribution is -0.143. The van der Waals surface area contributed by atoms with Gasteiger partial charge in [-0.3, -0.25) is 9.59 Å². The molecule has 0 aromatic rings. The van der Waals surface area contributed by atoms with Gasteiger partial charge in [0.05, 0.1) is 25.4 Å². The van der Waals surface area contributed by atoms with Crippen LogP contribution in [0.4, 0.5) is 0 Å². The number of esters is 1. The molecule has 0 radical (unpaired) electrons. The molecule has 0 aliphatic heterocycles. The molecule has 2 unspecified atom stereocenters. The minimum atomic E-state index is -0.849. The maximum Gasteiger partial charge on any atom is 0.305 e. The minimum Gasteiger partial charge on any atom is -0.466 e. The summed E-state index contributed by atoms with van der Waals surface area (Å²) in [5.41, 5.74) is 0.